The predicted molar refractivity (Wildman–Crippen MR) is 60.3 cm³/mol. The van der Waals surface area contributed by atoms with Crippen molar-refractivity contribution in [1.82, 2.24) is 20.3 Å². The molecule has 0 radical (unpaired) electrons. The summed E-state index contributed by atoms with van der Waals surface area (Å²) in [4.78, 5) is 0. The third kappa shape index (κ3) is 3.44. The lowest BCUT2D eigenvalue weighted by Gasteiger charge is -2.13. The molecule has 0 bridgehead atoms. The molecule has 4 nitrogen and oxygen atoms in total. The summed E-state index contributed by atoms with van der Waals surface area (Å²) in [5.41, 5.74) is 0. The topological polar surface area (TPSA) is 42.7 Å². The summed E-state index contributed by atoms with van der Waals surface area (Å²) in [6.07, 6.45) is 7.47. The summed E-state index contributed by atoms with van der Waals surface area (Å²) in [5.74, 6) is 0. The Hall–Kier alpha value is -0.320. The molecule has 1 aromatic heterocycles. The Labute approximate surface area is 96.3 Å². The number of halogens is 2. The second-order valence-corrected chi connectivity index (χ2v) is 3.24. The van der Waals surface area contributed by atoms with Crippen LogP contribution in [0.25, 0.3) is 0 Å². The maximum atomic E-state index is 4.01. The molecule has 0 aromatic carbocycles. The summed E-state index contributed by atoms with van der Waals surface area (Å²) < 4.78 is 1.96. The summed E-state index contributed by atoms with van der Waals surface area (Å²) >= 11 is 0. The van der Waals surface area contributed by atoms with Gasteiger partial charge in [0.1, 0.15) is 0 Å². The number of rotatable bonds is 1. The van der Waals surface area contributed by atoms with E-state index in [0.29, 0.717) is 6.04 Å². The molecule has 1 saturated heterocycles. The lowest BCUT2D eigenvalue weighted by Crippen LogP contribution is -2.23. The highest BCUT2D eigenvalue weighted by molar-refractivity contribution is 5.85. The molecule has 1 aliphatic heterocycles. The lowest BCUT2D eigenvalue weighted by atomic mass is 10.1. The summed E-state index contributed by atoms with van der Waals surface area (Å²) in [6, 6.07) is 0.509. The van der Waals surface area contributed by atoms with Crippen LogP contribution in [0.15, 0.2) is 12.4 Å². The van der Waals surface area contributed by atoms with Crippen LogP contribution in [0.3, 0.4) is 0 Å². The van der Waals surface area contributed by atoms with Crippen molar-refractivity contribution in [1.29, 1.82) is 0 Å². The summed E-state index contributed by atoms with van der Waals surface area (Å²) in [7, 11) is 0. The van der Waals surface area contributed by atoms with Crippen LogP contribution >= 0.6 is 24.8 Å². The molecule has 1 atom stereocenters. The minimum Gasteiger partial charge on any atom is -0.315 e. The van der Waals surface area contributed by atoms with Crippen molar-refractivity contribution in [3.8, 4) is 0 Å². The van der Waals surface area contributed by atoms with Crippen molar-refractivity contribution in [3.05, 3.63) is 12.4 Å². The Morgan fingerprint density at radius 3 is 2.86 bits per heavy atom. The van der Waals surface area contributed by atoms with Gasteiger partial charge in [0.2, 0.25) is 0 Å². The molecule has 0 amide bonds. The lowest BCUT2D eigenvalue weighted by molar-refractivity contribution is 0.412. The van der Waals surface area contributed by atoms with E-state index in [-0.39, 0.29) is 24.8 Å². The first kappa shape index (κ1) is 13.7. The van der Waals surface area contributed by atoms with Crippen molar-refractivity contribution in [2.24, 2.45) is 0 Å². The first-order chi connectivity index (χ1) is 5.97. The molecule has 1 aromatic rings. The van der Waals surface area contributed by atoms with Gasteiger partial charge in [-0.05, 0) is 19.4 Å². The van der Waals surface area contributed by atoms with Gasteiger partial charge >= 0.3 is 0 Å². The monoisotopic (exact) mass is 238 g/mol. The van der Waals surface area contributed by atoms with Crippen LogP contribution in [0, 0.1) is 0 Å². The summed E-state index contributed by atoms with van der Waals surface area (Å²) in [6.45, 7) is 2.18. The standard InChI is InChI=1S/C8H14N4.2ClH/c1-2-4-9-7-8(3-1)12-6-5-10-11-12;;/h5-6,8-9H,1-4,7H2;2*1H. The molecule has 0 aliphatic carbocycles. The van der Waals surface area contributed by atoms with Gasteiger partial charge in [0.05, 0.1) is 12.2 Å². The van der Waals surface area contributed by atoms with Crippen LogP contribution in [-0.2, 0) is 0 Å². The van der Waals surface area contributed by atoms with Gasteiger partial charge in [0.15, 0.2) is 0 Å². The fourth-order valence-electron chi connectivity index (χ4n) is 1.64. The number of nitrogens with one attached hydrogen (secondary N) is 1. The van der Waals surface area contributed by atoms with Crippen LogP contribution < -0.4 is 5.32 Å². The first-order valence-electron chi connectivity index (χ1n) is 4.53. The van der Waals surface area contributed by atoms with Crippen molar-refractivity contribution in [2.75, 3.05) is 13.1 Å². The van der Waals surface area contributed by atoms with Gasteiger partial charge in [0, 0.05) is 12.7 Å². The van der Waals surface area contributed by atoms with E-state index in [4.69, 9.17) is 0 Å². The van der Waals surface area contributed by atoms with E-state index in [1.807, 2.05) is 10.9 Å². The maximum absolute atomic E-state index is 4.01. The largest absolute Gasteiger partial charge is 0.315 e. The Morgan fingerprint density at radius 2 is 2.14 bits per heavy atom. The minimum absolute atomic E-state index is 0. The molecule has 0 saturated carbocycles. The van der Waals surface area contributed by atoms with Gasteiger partial charge in [-0.3, -0.25) is 0 Å². The minimum atomic E-state index is 0. The molecule has 1 N–H and O–H groups in total. The second-order valence-electron chi connectivity index (χ2n) is 3.24. The highest BCUT2D eigenvalue weighted by Gasteiger charge is 2.13. The van der Waals surface area contributed by atoms with Crippen molar-refractivity contribution in [3.63, 3.8) is 0 Å². The molecule has 1 fully saturated rings. The van der Waals surface area contributed by atoms with E-state index in [0.717, 1.165) is 13.1 Å². The van der Waals surface area contributed by atoms with E-state index in [9.17, 15) is 0 Å². The Morgan fingerprint density at radius 1 is 1.29 bits per heavy atom. The predicted octanol–water partition coefficient (Wildman–Crippen LogP) is 1.44. The highest BCUT2D eigenvalue weighted by atomic mass is 35.5. The average Bonchev–Trinajstić information content (AvgIpc) is 2.48. The number of nitrogens with zero attached hydrogens (tertiary/aromatic N) is 3. The van der Waals surface area contributed by atoms with E-state index in [1.54, 1.807) is 6.20 Å². The normalized spacial score (nSPS) is 21.6. The summed E-state index contributed by atoms with van der Waals surface area (Å²) in [5, 5.41) is 11.2. The molecule has 2 heterocycles. The van der Waals surface area contributed by atoms with Crippen molar-refractivity contribution < 1.29 is 0 Å². The van der Waals surface area contributed by atoms with Crippen LogP contribution in [-0.4, -0.2) is 28.1 Å². The van der Waals surface area contributed by atoms with Crippen LogP contribution in [0.5, 0.6) is 0 Å². The molecule has 0 spiro atoms. The SMILES string of the molecule is Cl.Cl.c1cn(C2CCCCNC2)nn1. The molecule has 14 heavy (non-hydrogen) atoms. The quantitative estimate of drug-likeness (QED) is 0.806. The molecular formula is C8H16Cl2N4. The molecule has 1 unspecified atom stereocenters. The van der Waals surface area contributed by atoms with Crippen LogP contribution in [0.2, 0.25) is 0 Å². The van der Waals surface area contributed by atoms with Gasteiger partial charge < -0.3 is 5.32 Å². The first-order valence-corrected chi connectivity index (χ1v) is 4.53. The second kappa shape index (κ2) is 7.04. The van der Waals surface area contributed by atoms with Gasteiger partial charge in [-0.25, -0.2) is 4.68 Å². The van der Waals surface area contributed by atoms with E-state index in [2.05, 4.69) is 15.6 Å². The van der Waals surface area contributed by atoms with Crippen molar-refractivity contribution in [2.45, 2.75) is 25.3 Å². The van der Waals surface area contributed by atoms with Crippen molar-refractivity contribution >= 4 is 24.8 Å². The van der Waals surface area contributed by atoms with Crippen LogP contribution in [0.4, 0.5) is 0 Å². The molecule has 6 heteroatoms. The smallest absolute Gasteiger partial charge is 0.0693 e. The van der Waals surface area contributed by atoms with Gasteiger partial charge in [-0.1, -0.05) is 11.6 Å². The van der Waals surface area contributed by atoms with Gasteiger partial charge in [-0.2, -0.15) is 0 Å². The molecule has 2 rings (SSSR count). The number of hydrogen-bond donors (Lipinski definition) is 1. The third-order valence-corrected chi connectivity index (χ3v) is 2.34. The Kier molecular flexibility index (Phi) is 6.87. The zero-order valence-corrected chi connectivity index (χ0v) is 9.56. The van der Waals surface area contributed by atoms with Crippen LogP contribution in [0.1, 0.15) is 25.3 Å². The van der Waals surface area contributed by atoms with Gasteiger partial charge in [0.25, 0.3) is 0 Å². The molecule has 82 valence electrons. The highest BCUT2D eigenvalue weighted by Crippen LogP contribution is 2.14. The van der Waals surface area contributed by atoms with E-state index in [1.165, 1.54) is 19.3 Å². The zero-order chi connectivity index (χ0) is 8.23. The number of aromatic nitrogens is 3. The number of hydrogen-bond acceptors (Lipinski definition) is 3. The zero-order valence-electron chi connectivity index (χ0n) is 7.93. The maximum Gasteiger partial charge on any atom is 0.0693 e. The molecular weight excluding hydrogens is 223 g/mol. The fraction of sp³-hybridized carbons (Fsp3) is 0.750. The Bertz CT molecular complexity index is 219. The third-order valence-electron chi connectivity index (χ3n) is 2.34. The molecule has 1 aliphatic rings. The average molecular weight is 239 g/mol. The van der Waals surface area contributed by atoms with Gasteiger partial charge in [-0.15, -0.1) is 29.9 Å². The van der Waals surface area contributed by atoms with E-state index < -0.39 is 0 Å². The fourth-order valence-corrected chi connectivity index (χ4v) is 1.64. The van der Waals surface area contributed by atoms with E-state index >= 15 is 0 Å². The Balaban J connectivity index is 0.000000845.